The SMILES string of the molecule is CC1(C)OB(c2cccc3c2oc2c3ccc3c4ccccc4oc32)OC1(C)C. The van der Waals surface area contributed by atoms with Crippen LogP contribution in [-0.4, -0.2) is 18.3 Å². The van der Waals surface area contributed by atoms with Gasteiger partial charge < -0.3 is 18.1 Å². The Bertz CT molecular complexity index is 1410. The zero-order valence-corrected chi connectivity index (χ0v) is 16.9. The summed E-state index contributed by atoms with van der Waals surface area (Å²) >= 11 is 0. The first-order valence-corrected chi connectivity index (χ1v) is 9.97. The molecule has 1 aliphatic heterocycles. The predicted molar refractivity (Wildman–Crippen MR) is 117 cm³/mol. The van der Waals surface area contributed by atoms with Crippen molar-refractivity contribution in [3.8, 4) is 0 Å². The zero-order chi connectivity index (χ0) is 20.0. The third-order valence-electron chi connectivity index (χ3n) is 6.55. The number of rotatable bonds is 1. The van der Waals surface area contributed by atoms with Crippen LogP contribution in [0.3, 0.4) is 0 Å². The molecular weight excluding hydrogens is 363 g/mol. The summed E-state index contributed by atoms with van der Waals surface area (Å²) < 4.78 is 25.2. The van der Waals surface area contributed by atoms with Crippen LogP contribution in [0.25, 0.3) is 43.9 Å². The highest BCUT2D eigenvalue weighted by Gasteiger charge is 2.52. The van der Waals surface area contributed by atoms with E-state index < -0.39 is 18.3 Å². The molecule has 3 aromatic carbocycles. The Labute approximate surface area is 168 Å². The molecule has 0 radical (unpaired) electrons. The molecule has 6 rings (SSSR count). The molecule has 4 nitrogen and oxygen atoms in total. The third kappa shape index (κ3) is 2.23. The first-order valence-electron chi connectivity index (χ1n) is 9.97. The fourth-order valence-corrected chi connectivity index (χ4v) is 4.22. The van der Waals surface area contributed by atoms with E-state index in [2.05, 4.69) is 52.0 Å². The molecule has 2 aromatic heterocycles. The summed E-state index contributed by atoms with van der Waals surface area (Å²) in [4.78, 5) is 0. The van der Waals surface area contributed by atoms with E-state index in [0.717, 1.165) is 49.3 Å². The molecule has 0 aliphatic carbocycles. The summed E-state index contributed by atoms with van der Waals surface area (Å²) in [6.07, 6.45) is 0. The van der Waals surface area contributed by atoms with E-state index in [4.69, 9.17) is 18.1 Å². The Kier molecular flexibility index (Phi) is 3.21. The molecule has 1 aliphatic rings. The maximum atomic E-state index is 6.42. The molecule has 29 heavy (non-hydrogen) atoms. The number of para-hydroxylation sites is 2. The average Bonchev–Trinajstić information content (AvgIpc) is 3.30. The second-order valence-corrected chi connectivity index (χ2v) is 8.83. The van der Waals surface area contributed by atoms with Crippen molar-refractivity contribution in [3.05, 3.63) is 54.6 Å². The average molecular weight is 384 g/mol. The van der Waals surface area contributed by atoms with Crippen LogP contribution in [0.2, 0.25) is 0 Å². The largest absolute Gasteiger partial charge is 0.498 e. The molecule has 0 amide bonds. The van der Waals surface area contributed by atoms with Gasteiger partial charge in [-0.3, -0.25) is 0 Å². The molecule has 0 N–H and O–H groups in total. The zero-order valence-electron chi connectivity index (χ0n) is 16.9. The first-order chi connectivity index (χ1) is 13.9. The fraction of sp³-hybridized carbons (Fsp3) is 0.250. The molecular formula is C24H21BO4. The summed E-state index contributed by atoms with van der Waals surface area (Å²) in [5, 5.41) is 4.22. The van der Waals surface area contributed by atoms with E-state index in [1.807, 2.05) is 30.3 Å². The van der Waals surface area contributed by atoms with Gasteiger partial charge in [0.05, 0.1) is 11.2 Å². The lowest BCUT2D eigenvalue weighted by Gasteiger charge is -2.32. The van der Waals surface area contributed by atoms with Crippen LogP contribution >= 0.6 is 0 Å². The summed E-state index contributed by atoms with van der Waals surface area (Å²) in [5.74, 6) is 0. The Hall–Kier alpha value is -2.76. The second kappa shape index (κ2) is 5.44. The third-order valence-corrected chi connectivity index (χ3v) is 6.55. The van der Waals surface area contributed by atoms with Gasteiger partial charge in [0.1, 0.15) is 11.2 Å². The van der Waals surface area contributed by atoms with Gasteiger partial charge in [-0.2, -0.15) is 0 Å². The Morgan fingerprint density at radius 1 is 0.586 bits per heavy atom. The fourth-order valence-electron chi connectivity index (χ4n) is 4.22. The van der Waals surface area contributed by atoms with E-state index >= 15 is 0 Å². The minimum Gasteiger partial charge on any atom is -0.452 e. The van der Waals surface area contributed by atoms with Crippen LogP contribution in [0, 0.1) is 0 Å². The molecule has 3 heterocycles. The van der Waals surface area contributed by atoms with E-state index in [1.165, 1.54) is 0 Å². The highest BCUT2D eigenvalue weighted by molar-refractivity contribution is 6.65. The maximum Gasteiger partial charge on any atom is 0.498 e. The number of fused-ring (bicyclic) bond motifs is 7. The van der Waals surface area contributed by atoms with Crippen molar-refractivity contribution in [2.75, 3.05) is 0 Å². The van der Waals surface area contributed by atoms with Crippen LogP contribution in [0.1, 0.15) is 27.7 Å². The maximum absolute atomic E-state index is 6.42. The first kappa shape index (κ1) is 17.1. The highest BCUT2D eigenvalue weighted by atomic mass is 16.7. The monoisotopic (exact) mass is 384 g/mol. The van der Waals surface area contributed by atoms with Crippen molar-refractivity contribution >= 4 is 56.5 Å². The topological polar surface area (TPSA) is 44.7 Å². The molecule has 0 unspecified atom stereocenters. The highest BCUT2D eigenvalue weighted by Crippen LogP contribution is 2.40. The van der Waals surface area contributed by atoms with Gasteiger partial charge in [-0.25, -0.2) is 0 Å². The van der Waals surface area contributed by atoms with Gasteiger partial charge in [0.25, 0.3) is 0 Å². The van der Waals surface area contributed by atoms with Gasteiger partial charge in [0.15, 0.2) is 11.2 Å². The Morgan fingerprint density at radius 2 is 1.17 bits per heavy atom. The minimum atomic E-state index is -0.476. The van der Waals surface area contributed by atoms with Crippen molar-refractivity contribution in [2.45, 2.75) is 38.9 Å². The molecule has 0 spiro atoms. The van der Waals surface area contributed by atoms with Crippen LogP contribution < -0.4 is 5.46 Å². The second-order valence-electron chi connectivity index (χ2n) is 8.83. The van der Waals surface area contributed by atoms with Gasteiger partial charge in [0.2, 0.25) is 0 Å². The minimum absolute atomic E-state index is 0.405. The molecule has 144 valence electrons. The van der Waals surface area contributed by atoms with Crippen molar-refractivity contribution in [3.63, 3.8) is 0 Å². The lowest BCUT2D eigenvalue weighted by atomic mass is 9.78. The smallest absolute Gasteiger partial charge is 0.452 e. The number of hydrogen-bond acceptors (Lipinski definition) is 4. The predicted octanol–water partition coefficient (Wildman–Crippen LogP) is 5.78. The molecule has 5 aromatic rings. The van der Waals surface area contributed by atoms with E-state index in [0.29, 0.717) is 0 Å². The van der Waals surface area contributed by atoms with Gasteiger partial charge in [-0.1, -0.05) is 36.4 Å². The molecule has 0 bridgehead atoms. The number of hydrogen-bond donors (Lipinski definition) is 0. The van der Waals surface area contributed by atoms with E-state index in [1.54, 1.807) is 0 Å². The lowest BCUT2D eigenvalue weighted by molar-refractivity contribution is 0.00578. The molecule has 0 saturated carbocycles. The van der Waals surface area contributed by atoms with Gasteiger partial charge >= 0.3 is 7.12 Å². The lowest BCUT2D eigenvalue weighted by Crippen LogP contribution is -2.41. The van der Waals surface area contributed by atoms with Crippen LogP contribution in [0.15, 0.2) is 63.4 Å². The van der Waals surface area contributed by atoms with E-state index in [-0.39, 0.29) is 0 Å². The molecule has 5 heteroatoms. The summed E-state index contributed by atoms with van der Waals surface area (Å²) in [6.45, 7) is 8.24. The summed E-state index contributed by atoms with van der Waals surface area (Å²) in [5.41, 5.74) is 3.28. The molecule has 1 fully saturated rings. The van der Waals surface area contributed by atoms with Gasteiger partial charge in [-0.05, 0) is 45.9 Å². The van der Waals surface area contributed by atoms with Crippen LogP contribution in [-0.2, 0) is 9.31 Å². The summed E-state index contributed by atoms with van der Waals surface area (Å²) in [6, 6.07) is 18.4. The summed E-state index contributed by atoms with van der Waals surface area (Å²) in [7, 11) is -0.476. The van der Waals surface area contributed by atoms with Crippen molar-refractivity contribution in [1.82, 2.24) is 0 Å². The van der Waals surface area contributed by atoms with E-state index in [9.17, 15) is 0 Å². The number of benzene rings is 3. The van der Waals surface area contributed by atoms with Crippen molar-refractivity contribution in [1.29, 1.82) is 0 Å². The van der Waals surface area contributed by atoms with Crippen LogP contribution in [0.4, 0.5) is 0 Å². The normalized spacial score (nSPS) is 18.6. The van der Waals surface area contributed by atoms with Crippen molar-refractivity contribution in [2.24, 2.45) is 0 Å². The Balaban J connectivity index is 1.63. The van der Waals surface area contributed by atoms with Crippen LogP contribution in [0.5, 0.6) is 0 Å². The number of furan rings is 2. The van der Waals surface area contributed by atoms with Crippen molar-refractivity contribution < 1.29 is 18.1 Å². The molecule has 1 saturated heterocycles. The van der Waals surface area contributed by atoms with Gasteiger partial charge in [0, 0.05) is 27.0 Å². The quantitative estimate of drug-likeness (QED) is 0.344. The Morgan fingerprint density at radius 3 is 1.93 bits per heavy atom. The molecule has 0 atom stereocenters. The van der Waals surface area contributed by atoms with Gasteiger partial charge in [-0.15, -0.1) is 0 Å². The standard InChI is InChI=1S/C24H21BO4/c1-23(2)24(3,4)29-25(28-23)18-10-7-9-15-17-13-12-16-14-8-5-6-11-19(14)26-21(16)22(17)27-20(15)18/h5-13H,1-4H3.